The largest absolute Gasteiger partial charge is 0.257 e. The van der Waals surface area contributed by atoms with E-state index in [-0.39, 0.29) is 0 Å². The molecule has 0 saturated carbocycles. The van der Waals surface area contributed by atoms with Crippen LogP contribution in [-0.4, -0.2) is 20.4 Å². The van der Waals surface area contributed by atoms with E-state index in [0.717, 1.165) is 5.52 Å². The number of aromatic amines is 1. The number of pyridine rings is 1. The third-order valence-electron chi connectivity index (χ3n) is 1.06. The summed E-state index contributed by atoms with van der Waals surface area (Å²) in [7, 11) is 0. The van der Waals surface area contributed by atoms with Gasteiger partial charge < -0.3 is 0 Å². The Kier molecular flexibility index (Phi) is 0.745. The highest BCUT2D eigenvalue weighted by Gasteiger charge is 1.92. The van der Waals surface area contributed by atoms with Crippen LogP contribution in [0.5, 0.6) is 0 Å². The second-order valence-electron chi connectivity index (χ2n) is 1.63. The van der Waals surface area contributed by atoms with Crippen molar-refractivity contribution in [1.82, 2.24) is 20.4 Å². The van der Waals surface area contributed by atoms with Gasteiger partial charge in [-0.1, -0.05) is 5.21 Å². The third kappa shape index (κ3) is 0.561. The lowest BCUT2D eigenvalue weighted by atomic mass is 10.4. The smallest absolute Gasteiger partial charge is 0.140 e. The molecule has 2 heterocycles. The van der Waals surface area contributed by atoms with Crippen molar-refractivity contribution in [1.29, 1.82) is 0 Å². The number of nitrogens with one attached hydrogen (secondary N) is 1. The number of H-pyrrole nitrogens is 1. The van der Waals surface area contributed by atoms with Crippen LogP contribution in [0.1, 0.15) is 0 Å². The molecule has 0 spiro atoms. The van der Waals surface area contributed by atoms with Crippen molar-refractivity contribution in [3.05, 3.63) is 18.5 Å². The number of rotatable bonds is 0. The van der Waals surface area contributed by atoms with Gasteiger partial charge in [0.25, 0.3) is 0 Å². The molecule has 0 atom stereocenters. The molecule has 9 heavy (non-hydrogen) atoms. The van der Waals surface area contributed by atoms with Crippen molar-refractivity contribution in [3.8, 4) is 0 Å². The molecule has 0 aliphatic rings. The van der Waals surface area contributed by atoms with Crippen molar-refractivity contribution in [2.24, 2.45) is 0 Å². The molecular weight excluding hydrogens is 116 g/mol. The van der Waals surface area contributed by atoms with E-state index in [1.165, 1.54) is 0 Å². The average Bonchev–Trinajstić information content (AvgIpc) is 2.33. The van der Waals surface area contributed by atoms with Gasteiger partial charge in [-0.2, -0.15) is 0 Å². The van der Waals surface area contributed by atoms with Crippen LogP contribution in [-0.2, 0) is 0 Å². The van der Waals surface area contributed by atoms with Crippen molar-refractivity contribution in [2.45, 2.75) is 0 Å². The molecule has 0 amide bonds. The molecule has 1 radical (unpaired) electrons. The SMILES string of the molecule is [c]1nccc2[nH]nnc12. The van der Waals surface area contributed by atoms with Crippen molar-refractivity contribution < 1.29 is 0 Å². The molecule has 0 saturated heterocycles. The molecule has 4 heteroatoms. The van der Waals surface area contributed by atoms with Gasteiger partial charge in [0.05, 0.1) is 5.52 Å². The zero-order chi connectivity index (χ0) is 6.10. The molecule has 2 aromatic heterocycles. The van der Waals surface area contributed by atoms with Crippen molar-refractivity contribution >= 4 is 11.0 Å². The van der Waals surface area contributed by atoms with Crippen LogP contribution < -0.4 is 0 Å². The maximum absolute atomic E-state index is 3.74. The molecule has 0 fully saturated rings. The summed E-state index contributed by atoms with van der Waals surface area (Å²) in [6, 6.07) is 1.80. The van der Waals surface area contributed by atoms with Crippen molar-refractivity contribution in [3.63, 3.8) is 0 Å². The Hall–Kier alpha value is -1.45. The van der Waals surface area contributed by atoms with Crippen LogP contribution in [0.4, 0.5) is 0 Å². The summed E-state index contributed by atoms with van der Waals surface area (Å²) in [5.74, 6) is 0. The highest BCUT2D eigenvalue weighted by molar-refractivity contribution is 5.70. The van der Waals surface area contributed by atoms with E-state index in [1.807, 2.05) is 0 Å². The van der Waals surface area contributed by atoms with Crippen LogP contribution in [0.25, 0.3) is 11.0 Å². The van der Waals surface area contributed by atoms with E-state index < -0.39 is 0 Å². The third-order valence-corrected chi connectivity index (χ3v) is 1.06. The Balaban J connectivity index is 2.95. The number of aromatic nitrogens is 4. The topological polar surface area (TPSA) is 54.5 Å². The second-order valence-corrected chi connectivity index (χ2v) is 1.63. The number of fused-ring (bicyclic) bond motifs is 1. The Morgan fingerprint density at radius 3 is 3.44 bits per heavy atom. The monoisotopic (exact) mass is 119 g/mol. The Morgan fingerprint density at radius 1 is 1.56 bits per heavy atom. The molecule has 0 aliphatic carbocycles. The van der Waals surface area contributed by atoms with Crippen LogP contribution in [0.2, 0.25) is 0 Å². The average molecular weight is 119 g/mol. The number of hydrogen-bond acceptors (Lipinski definition) is 3. The molecular formula is C5H3N4. The molecule has 0 bridgehead atoms. The molecule has 1 N–H and O–H groups in total. The van der Waals surface area contributed by atoms with Gasteiger partial charge in [0.2, 0.25) is 0 Å². The summed E-state index contributed by atoms with van der Waals surface area (Å²) in [6.07, 6.45) is 4.32. The van der Waals surface area contributed by atoms with Gasteiger partial charge in [-0.25, -0.2) is 0 Å². The van der Waals surface area contributed by atoms with Crippen molar-refractivity contribution in [2.75, 3.05) is 0 Å². The summed E-state index contributed by atoms with van der Waals surface area (Å²) in [5, 5.41) is 9.94. The summed E-state index contributed by atoms with van der Waals surface area (Å²) < 4.78 is 0. The highest BCUT2D eigenvalue weighted by Crippen LogP contribution is 2.00. The molecule has 0 aliphatic heterocycles. The van der Waals surface area contributed by atoms with Gasteiger partial charge >= 0.3 is 0 Å². The van der Waals surface area contributed by atoms with Gasteiger partial charge in [-0.15, -0.1) is 5.10 Å². The first-order valence-electron chi connectivity index (χ1n) is 2.50. The van der Waals surface area contributed by atoms with E-state index in [9.17, 15) is 0 Å². The highest BCUT2D eigenvalue weighted by atomic mass is 15.3. The molecule has 43 valence electrons. The van der Waals surface area contributed by atoms with Gasteiger partial charge in [-0.05, 0) is 6.07 Å². The molecule has 0 unspecified atom stereocenters. The quantitative estimate of drug-likeness (QED) is 0.537. The Labute approximate surface area is 50.9 Å². The normalized spacial score (nSPS) is 10.2. The summed E-state index contributed by atoms with van der Waals surface area (Å²) in [6.45, 7) is 0. The lowest BCUT2D eigenvalue weighted by Gasteiger charge is -1.77. The summed E-state index contributed by atoms with van der Waals surface area (Å²) >= 11 is 0. The van der Waals surface area contributed by atoms with Gasteiger partial charge in [0.15, 0.2) is 0 Å². The maximum atomic E-state index is 3.74. The predicted octanol–water partition coefficient (Wildman–Crippen LogP) is 0.153. The zero-order valence-electron chi connectivity index (χ0n) is 4.50. The summed E-state index contributed by atoms with van der Waals surface area (Å²) in [5.41, 5.74) is 1.54. The number of nitrogens with zero attached hydrogens (tertiary/aromatic N) is 3. The fraction of sp³-hybridized carbons (Fsp3) is 0. The maximum Gasteiger partial charge on any atom is 0.140 e. The van der Waals surface area contributed by atoms with Crippen LogP contribution in [0.15, 0.2) is 12.3 Å². The second kappa shape index (κ2) is 1.51. The lowest BCUT2D eigenvalue weighted by Crippen LogP contribution is -1.70. The van der Waals surface area contributed by atoms with Crippen LogP contribution in [0.3, 0.4) is 0 Å². The summed E-state index contributed by atoms with van der Waals surface area (Å²) in [4.78, 5) is 3.74. The van der Waals surface area contributed by atoms with Crippen LogP contribution in [0, 0.1) is 6.20 Å². The van der Waals surface area contributed by atoms with E-state index >= 15 is 0 Å². The van der Waals surface area contributed by atoms with E-state index in [1.54, 1.807) is 12.3 Å². The Morgan fingerprint density at radius 2 is 2.56 bits per heavy atom. The molecule has 2 aromatic rings. The van der Waals surface area contributed by atoms with Crippen LogP contribution >= 0.6 is 0 Å². The van der Waals surface area contributed by atoms with Gasteiger partial charge in [0, 0.05) is 6.20 Å². The number of hydrogen-bond donors (Lipinski definition) is 1. The first-order valence-corrected chi connectivity index (χ1v) is 2.50. The molecule has 0 aromatic carbocycles. The Bertz CT molecular complexity index is 283. The molecule has 4 nitrogen and oxygen atoms in total. The fourth-order valence-electron chi connectivity index (χ4n) is 0.645. The first-order chi connectivity index (χ1) is 4.47. The van der Waals surface area contributed by atoms with E-state index in [0.29, 0.717) is 5.52 Å². The van der Waals surface area contributed by atoms with Gasteiger partial charge in [0.1, 0.15) is 11.7 Å². The first kappa shape index (κ1) is 4.43. The minimum atomic E-state index is 0.678. The van der Waals surface area contributed by atoms with E-state index in [4.69, 9.17) is 0 Å². The predicted molar refractivity (Wildman–Crippen MR) is 30.5 cm³/mol. The minimum Gasteiger partial charge on any atom is -0.257 e. The lowest BCUT2D eigenvalue weighted by molar-refractivity contribution is 0.959. The van der Waals surface area contributed by atoms with Gasteiger partial charge in [-0.3, -0.25) is 10.1 Å². The minimum absolute atomic E-state index is 0.678. The zero-order valence-corrected chi connectivity index (χ0v) is 4.50. The van der Waals surface area contributed by atoms with E-state index in [2.05, 4.69) is 26.6 Å². The molecule has 2 rings (SSSR count). The fourth-order valence-corrected chi connectivity index (χ4v) is 0.645. The standard InChI is InChI=1S/C5H3N4/c1-2-6-3-5-4(1)7-9-8-5/h1-2H,(H,7,8,9).